The van der Waals surface area contributed by atoms with Crippen molar-refractivity contribution in [3.05, 3.63) is 150 Å². The van der Waals surface area contributed by atoms with Crippen LogP contribution in [-0.2, 0) is 28.5 Å². The number of rotatable bonds is 23. The van der Waals surface area contributed by atoms with Crippen molar-refractivity contribution in [2.24, 2.45) is 0 Å². The van der Waals surface area contributed by atoms with Gasteiger partial charge in [-0.3, -0.25) is 9.59 Å². The molecule has 6 N–H and O–H groups in total. The maximum absolute atomic E-state index is 14.6. The van der Waals surface area contributed by atoms with Gasteiger partial charge in [0.2, 0.25) is 11.8 Å². The summed E-state index contributed by atoms with van der Waals surface area (Å²) < 4.78 is 88.7. The maximum Gasteiger partial charge on any atom is 0.246 e. The summed E-state index contributed by atoms with van der Waals surface area (Å²) in [6.07, 6.45) is -6.41. The Morgan fingerprint density at radius 1 is 0.578 bits per heavy atom. The van der Waals surface area contributed by atoms with E-state index >= 15 is 0 Å². The summed E-state index contributed by atoms with van der Waals surface area (Å²) in [6, 6.07) is 10.5. The van der Waals surface area contributed by atoms with Crippen LogP contribution in [0.4, 0.5) is 17.6 Å². The van der Waals surface area contributed by atoms with Gasteiger partial charge in [0, 0.05) is 34.3 Å². The van der Waals surface area contributed by atoms with Gasteiger partial charge in [-0.05, 0) is 87.4 Å². The lowest BCUT2D eigenvalue weighted by atomic mass is 9.91. The largest absolute Gasteiger partial charge is 0.394 e. The maximum atomic E-state index is 14.6. The van der Waals surface area contributed by atoms with Crippen LogP contribution in [0, 0.1) is 37.1 Å². The van der Waals surface area contributed by atoms with Crippen LogP contribution in [-0.4, -0.2) is 168 Å². The molecule has 0 saturated carbocycles. The Bertz CT molecular complexity index is 3610. The molecule has 90 heavy (non-hydrogen) atoms. The van der Waals surface area contributed by atoms with Crippen molar-refractivity contribution >= 4 is 81.4 Å². The number of benzene rings is 4. The van der Waals surface area contributed by atoms with Crippen LogP contribution >= 0.6 is 69.6 Å². The minimum absolute atomic E-state index is 0.0281. The fourth-order valence-electron chi connectivity index (χ4n) is 10.5. The van der Waals surface area contributed by atoms with E-state index < -0.39 is 132 Å². The predicted molar refractivity (Wildman–Crippen MR) is 316 cm³/mol. The molecule has 0 radical (unpaired) electrons. The van der Waals surface area contributed by atoms with Crippen LogP contribution in [0.2, 0.25) is 30.1 Å². The molecule has 2 aliphatic heterocycles. The van der Waals surface area contributed by atoms with Crippen LogP contribution < -0.4 is 10.6 Å². The number of carbonyl (C=O) groups is 2. The van der Waals surface area contributed by atoms with E-state index in [4.69, 9.17) is 88.6 Å². The molecule has 0 aliphatic carbocycles. The Hall–Kier alpha value is -6.48. The SMILES string of the molecule is Cc1nc(C2OC(CO)C(O)C(n3cc(-c4cc(F)c(Cl)c(F)c4)nn3)C2OCC(=O)NCCCCCCNC(=O)COC2C(c3nc(C)nn3-c3cc(Cl)ccc3Cl)OC(CO)C(O)C2n2cc(-c3cc(F)c(Cl)c(F)c3)nn2)n(-c2cc(Cl)ccc2Cl)n1. The molecule has 10 atom stereocenters. The van der Waals surface area contributed by atoms with E-state index in [2.05, 4.69) is 51.4 Å². The number of hydrogen-bond acceptors (Lipinski definition) is 18. The summed E-state index contributed by atoms with van der Waals surface area (Å²) in [4.78, 5) is 36.3. The quantitative estimate of drug-likeness (QED) is 0.0202. The molecule has 10 unspecified atom stereocenters. The van der Waals surface area contributed by atoms with Crippen molar-refractivity contribution in [3.8, 4) is 33.9 Å². The fourth-order valence-corrected chi connectivity index (χ4v) is 11.4. The predicted octanol–water partition coefficient (Wildman–Crippen LogP) is 7.79. The van der Waals surface area contributed by atoms with Gasteiger partial charge in [-0.2, -0.15) is 10.2 Å². The Morgan fingerprint density at radius 2 is 0.956 bits per heavy atom. The van der Waals surface area contributed by atoms with Gasteiger partial charge in [-0.1, -0.05) is 92.9 Å². The lowest BCUT2D eigenvalue weighted by Gasteiger charge is -2.43. The molecular formula is C56H54Cl6F4N14O10. The molecule has 24 nitrogen and oxygen atoms in total. The van der Waals surface area contributed by atoms with E-state index in [1.165, 1.54) is 43.3 Å². The third kappa shape index (κ3) is 14.6. The van der Waals surface area contributed by atoms with Crippen molar-refractivity contribution in [3.63, 3.8) is 0 Å². The zero-order valence-electron chi connectivity index (χ0n) is 47.2. The average Bonchev–Trinajstić information content (AvgIpc) is 1.47. The normalized spacial score (nSPS) is 21.9. The third-order valence-corrected chi connectivity index (χ3v) is 16.6. The minimum Gasteiger partial charge on any atom is -0.394 e. The standard InChI is InChI=1S/C56H54Cl6F4N14O10/c1-25-69-55(79(73-25)39-17-29(57)7-9-31(39)59)53-51(47(49(85)41(21-81)89-53)77-19-37(71-75-77)27-13-33(63)45(61)34(64)14-27)87-23-43(83)67-11-5-3-4-6-12-68-44(84)24-88-52-48(78-20-38(72-76-78)28-15-35(65)46(62)36(66)16-28)50(86)42(22-82)90-54(52)56-70-26(2)74-80(56)40-18-30(58)8-10-32(40)60/h7-10,13-20,41-42,47-54,81-82,85-86H,3-6,11-12,21-24H2,1-2H3,(H,67,83)(H,68,84). The summed E-state index contributed by atoms with van der Waals surface area (Å²) in [7, 11) is 0. The molecule has 8 aromatic rings. The van der Waals surface area contributed by atoms with Gasteiger partial charge < -0.3 is 50.0 Å². The Morgan fingerprint density at radius 3 is 1.32 bits per heavy atom. The summed E-state index contributed by atoms with van der Waals surface area (Å²) in [6.45, 7) is 0.936. The second kappa shape index (κ2) is 29.0. The number of hydrogen-bond donors (Lipinski definition) is 6. The van der Waals surface area contributed by atoms with Crippen LogP contribution in [0.1, 0.15) is 73.3 Å². The second-order valence-corrected chi connectivity index (χ2v) is 23.4. The number of unbranched alkanes of at least 4 members (excludes halogenated alkanes) is 3. The number of carbonyl (C=O) groups excluding carboxylic acids is 2. The van der Waals surface area contributed by atoms with E-state index in [1.54, 1.807) is 38.1 Å². The zero-order chi connectivity index (χ0) is 64.2. The van der Waals surface area contributed by atoms with E-state index in [9.17, 15) is 47.6 Å². The molecule has 2 amide bonds. The molecule has 4 aromatic heterocycles. The van der Waals surface area contributed by atoms with Crippen LogP contribution in [0.15, 0.2) is 73.1 Å². The van der Waals surface area contributed by atoms with Gasteiger partial charge >= 0.3 is 0 Å². The van der Waals surface area contributed by atoms with Gasteiger partial charge in [0.05, 0.1) is 47.0 Å². The van der Waals surface area contributed by atoms with Gasteiger partial charge in [-0.15, -0.1) is 10.2 Å². The van der Waals surface area contributed by atoms with Gasteiger partial charge in [-0.25, -0.2) is 46.3 Å². The van der Waals surface area contributed by atoms with Crippen LogP contribution in [0.5, 0.6) is 0 Å². The molecule has 4 aromatic carbocycles. The molecule has 34 heteroatoms. The van der Waals surface area contributed by atoms with Crippen molar-refractivity contribution in [1.82, 2.24) is 70.2 Å². The molecule has 6 heterocycles. The first-order valence-electron chi connectivity index (χ1n) is 27.7. The Labute approximate surface area is 538 Å². The van der Waals surface area contributed by atoms with Gasteiger partial charge in [0.15, 0.2) is 11.6 Å². The Kier molecular flexibility index (Phi) is 21.4. The fraction of sp³-hybridized carbons (Fsp3) is 0.393. The third-order valence-electron chi connectivity index (χ3n) is 14.7. The van der Waals surface area contributed by atoms with Gasteiger partial charge in [0.25, 0.3) is 0 Å². The minimum atomic E-state index is -1.59. The highest BCUT2D eigenvalue weighted by molar-refractivity contribution is 6.35. The summed E-state index contributed by atoms with van der Waals surface area (Å²) >= 11 is 37.5. The molecule has 2 fully saturated rings. The summed E-state index contributed by atoms with van der Waals surface area (Å²) in [5.41, 5.74) is 0.439. The van der Waals surface area contributed by atoms with E-state index in [0.29, 0.717) is 35.7 Å². The van der Waals surface area contributed by atoms with Crippen molar-refractivity contribution in [1.29, 1.82) is 0 Å². The second-order valence-electron chi connectivity index (χ2n) is 20.9. The van der Waals surface area contributed by atoms with E-state index in [0.717, 1.165) is 24.3 Å². The number of nitrogens with one attached hydrogen (secondary N) is 2. The first kappa shape index (κ1) is 66.4. The number of nitrogens with zero attached hydrogens (tertiary/aromatic N) is 12. The van der Waals surface area contributed by atoms with Crippen LogP contribution in [0.25, 0.3) is 33.9 Å². The average molecular weight is 1370 g/mol. The first-order chi connectivity index (χ1) is 43.1. The molecular weight excluding hydrogens is 1320 g/mol. The highest BCUT2D eigenvalue weighted by atomic mass is 35.5. The summed E-state index contributed by atoms with van der Waals surface area (Å²) in [5, 5.41) is 75.4. The summed E-state index contributed by atoms with van der Waals surface area (Å²) in [5.74, 6) is -4.74. The topological polar surface area (TPSA) is 299 Å². The van der Waals surface area contributed by atoms with Crippen molar-refractivity contribution in [2.75, 3.05) is 39.5 Å². The van der Waals surface area contributed by atoms with E-state index in [-0.39, 0.29) is 80.3 Å². The van der Waals surface area contributed by atoms with E-state index in [1.807, 2.05) is 0 Å². The number of amides is 2. The molecule has 0 spiro atoms. The van der Waals surface area contributed by atoms with Crippen LogP contribution in [0.3, 0.4) is 0 Å². The highest BCUT2D eigenvalue weighted by Crippen LogP contribution is 2.44. The molecule has 0 bridgehead atoms. The number of ether oxygens (including phenoxy) is 4. The molecule has 478 valence electrons. The number of aromatic nitrogens is 12. The molecule has 2 aliphatic rings. The lowest BCUT2D eigenvalue weighted by molar-refractivity contribution is -0.223. The number of aryl methyl sites for hydroxylation is 2. The number of aliphatic hydroxyl groups is 4. The number of halogens is 10. The smallest absolute Gasteiger partial charge is 0.246 e. The zero-order valence-corrected chi connectivity index (χ0v) is 51.7. The monoisotopic (exact) mass is 1370 g/mol. The number of aliphatic hydroxyl groups excluding tert-OH is 4. The highest BCUT2D eigenvalue weighted by Gasteiger charge is 2.52. The first-order valence-corrected chi connectivity index (χ1v) is 30.0. The Balaban J connectivity index is 0.782. The van der Waals surface area contributed by atoms with Gasteiger partial charge in [0.1, 0.15) is 130 Å². The lowest BCUT2D eigenvalue weighted by Crippen LogP contribution is -2.54. The van der Waals surface area contributed by atoms with Crippen molar-refractivity contribution < 1.29 is 66.5 Å². The van der Waals surface area contributed by atoms with Crippen molar-refractivity contribution in [2.45, 2.75) is 100 Å². The molecule has 10 rings (SSSR count). The molecule has 2 saturated heterocycles.